The lowest BCUT2D eigenvalue weighted by atomic mass is 10.1. The minimum Gasteiger partial charge on any atom is -0.311 e. The quantitative estimate of drug-likeness (QED) is 0.708. The maximum absolute atomic E-state index is 12.2. The normalized spacial score (nSPS) is 36.5. The van der Waals surface area contributed by atoms with Crippen LogP contribution in [0.3, 0.4) is 0 Å². The van der Waals surface area contributed by atoms with Crippen LogP contribution in [-0.4, -0.2) is 43.3 Å². The van der Waals surface area contributed by atoms with Gasteiger partial charge in [-0.3, -0.25) is 4.90 Å². The van der Waals surface area contributed by atoms with Crippen LogP contribution in [0.25, 0.3) is 0 Å². The molecule has 2 rings (SSSR count). The molecule has 1 saturated carbocycles. The van der Waals surface area contributed by atoms with Crippen LogP contribution >= 0.6 is 0 Å². The number of hydrogen-bond donors (Lipinski definition) is 1. The molecular formula is C10H19FN2. The van der Waals surface area contributed by atoms with Gasteiger partial charge < -0.3 is 5.32 Å². The molecule has 0 aromatic carbocycles. The van der Waals surface area contributed by atoms with Crippen LogP contribution in [0.5, 0.6) is 0 Å². The van der Waals surface area contributed by atoms with E-state index in [-0.39, 0.29) is 6.67 Å². The number of nitrogens with one attached hydrogen (secondary N) is 1. The van der Waals surface area contributed by atoms with Gasteiger partial charge in [-0.2, -0.15) is 0 Å². The summed E-state index contributed by atoms with van der Waals surface area (Å²) < 4.78 is 12.2. The molecule has 1 heterocycles. The summed E-state index contributed by atoms with van der Waals surface area (Å²) in [5.41, 5.74) is 0. The number of nitrogens with zero attached hydrogens (tertiary/aromatic N) is 1. The van der Waals surface area contributed by atoms with Gasteiger partial charge in [-0.05, 0) is 25.7 Å². The molecular weight excluding hydrogens is 167 g/mol. The zero-order chi connectivity index (χ0) is 9.26. The van der Waals surface area contributed by atoms with Gasteiger partial charge in [0.25, 0.3) is 0 Å². The number of halogens is 1. The van der Waals surface area contributed by atoms with E-state index in [9.17, 15) is 4.39 Å². The second kappa shape index (κ2) is 3.93. The molecule has 0 aromatic heterocycles. The highest BCUT2D eigenvalue weighted by molar-refractivity contribution is 4.93. The highest BCUT2D eigenvalue weighted by atomic mass is 19.1. The van der Waals surface area contributed by atoms with Crippen LogP contribution in [-0.2, 0) is 0 Å². The first-order chi connectivity index (χ1) is 6.31. The lowest BCUT2D eigenvalue weighted by molar-refractivity contribution is 0.124. The third-order valence-corrected chi connectivity index (χ3v) is 3.29. The van der Waals surface area contributed by atoms with Crippen molar-refractivity contribution in [2.45, 2.75) is 31.8 Å². The zero-order valence-corrected chi connectivity index (χ0v) is 8.30. The van der Waals surface area contributed by atoms with Gasteiger partial charge in [0, 0.05) is 31.7 Å². The molecule has 1 aliphatic heterocycles. The van der Waals surface area contributed by atoms with Gasteiger partial charge in [0.15, 0.2) is 0 Å². The Morgan fingerprint density at radius 1 is 1.46 bits per heavy atom. The summed E-state index contributed by atoms with van der Waals surface area (Å²) in [6.07, 6.45) is 2.74. The fourth-order valence-electron chi connectivity index (χ4n) is 2.18. The first-order valence-corrected chi connectivity index (χ1v) is 5.34. The number of alkyl halides is 1. The highest BCUT2D eigenvalue weighted by Gasteiger charge is 2.35. The SMILES string of the molecule is CC1CNC(C2CC2)CN1CCF. The number of hydrogen-bond acceptors (Lipinski definition) is 2. The van der Waals surface area contributed by atoms with Gasteiger partial charge in [-0.1, -0.05) is 0 Å². The molecule has 3 heteroatoms. The molecule has 0 spiro atoms. The Hall–Kier alpha value is -0.150. The molecule has 1 aliphatic carbocycles. The van der Waals surface area contributed by atoms with E-state index in [1.54, 1.807) is 0 Å². The molecule has 0 amide bonds. The lowest BCUT2D eigenvalue weighted by Crippen LogP contribution is -2.56. The number of piperazine rings is 1. The van der Waals surface area contributed by atoms with Crippen LogP contribution in [0.1, 0.15) is 19.8 Å². The van der Waals surface area contributed by atoms with Crippen LogP contribution in [0.4, 0.5) is 4.39 Å². The van der Waals surface area contributed by atoms with E-state index in [0.29, 0.717) is 18.6 Å². The first-order valence-electron chi connectivity index (χ1n) is 5.34. The van der Waals surface area contributed by atoms with Crippen LogP contribution < -0.4 is 5.32 Å². The molecule has 1 N–H and O–H groups in total. The average Bonchev–Trinajstić information content (AvgIpc) is 2.92. The monoisotopic (exact) mass is 186 g/mol. The van der Waals surface area contributed by atoms with E-state index >= 15 is 0 Å². The molecule has 1 saturated heterocycles. The predicted octanol–water partition coefficient (Wildman–Crippen LogP) is 1.03. The Labute approximate surface area is 79.5 Å². The van der Waals surface area contributed by atoms with Crippen LogP contribution in [0.2, 0.25) is 0 Å². The van der Waals surface area contributed by atoms with Gasteiger partial charge in [-0.25, -0.2) is 4.39 Å². The van der Waals surface area contributed by atoms with Crippen molar-refractivity contribution in [3.8, 4) is 0 Å². The van der Waals surface area contributed by atoms with Crippen molar-refractivity contribution in [1.29, 1.82) is 0 Å². The van der Waals surface area contributed by atoms with Gasteiger partial charge in [0.2, 0.25) is 0 Å². The van der Waals surface area contributed by atoms with Gasteiger partial charge in [0.05, 0.1) is 0 Å². The van der Waals surface area contributed by atoms with Gasteiger partial charge in [0.1, 0.15) is 6.67 Å². The fourth-order valence-corrected chi connectivity index (χ4v) is 2.18. The van der Waals surface area contributed by atoms with E-state index in [1.165, 1.54) is 12.8 Å². The molecule has 0 radical (unpaired) electrons. The highest BCUT2D eigenvalue weighted by Crippen LogP contribution is 2.34. The Bertz CT molecular complexity index is 170. The van der Waals surface area contributed by atoms with Crippen molar-refractivity contribution in [1.82, 2.24) is 10.2 Å². The maximum atomic E-state index is 12.2. The third kappa shape index (κ3) is 2.20. The smallest absolute Gasteiger partial charge is 0.102 e. The van der Waals surface area contributed by atoms with E-state index in [1.807, 2.05) is 0 Å². The molecule has 2 nitrogen and oxygen atoms in total. The second-order valence-corrected chi connectivity index (χ2v) is 4.39. The van der Waals surface area contributed by atoms with Crippen molar-refractivity contribution < 1.29 is 4.39 Å². The van der Waals surface area contributed by atoms with E-state index < -0.39 is 0 Å². The van der Waals surface area contributed by atoms with E-state index in [0.717, 1.165) is 19.0 Å². The van der Waals surface area contributed by atoms with Crippen molar-refractivity contribution in [2.75, 3.05) is 26.3 Å². The molecule has 0 bridgehead atoms. The summed E-state index contributed by atoms with van der Waals surface area (Å²) in [5, 5.41) is 3.56. The average molecular weight is 186 g/mol. The molecule has 2 unspecified atom stereocenters. The Balaban J connectivity index is 1.84. The summed E-state index contributed by atoms with van der Waals surface area (Å²) in [4.78, 5) is 2.28. The Kier molecular flexibility index (Phi) is 2.84. The molecule has 2 aliphatic rings. The van der Waals surface area contributed by atoms with Crippen molar-refractivity contribution in [3.63, 3.8) is 0 Å². The van der Waals surface area contributed by atoms with Crippen molar-refractivity contribution >= 4 is 0 Å². The summed E-state index contributed by atoms with van der Waals surface area (Å²) in [5.74, 6) is 0.884. The summed E-state index contributed by atoms with van der Waals surface area (Å²) >= 11 is 0. The second-order valence-electron chi connectivity index (χ2n) is 4.39. The van der Waals surface area contributed by atoms with E-state index in [4.69, 9.17) is 0 Å². The van der Waals surface area contributed by atoms with Crippen molar-refractivity contribution in [3.05, 3.63) is 0 Å². The van der Waals surface area contributed by atoms with Crippen LogP contribution in [0.15, 0.2) is 0 Å². The zero-order valence-electron chi connectivity index (χ0n) is 8.30. The minimum absolute atomic E-state index is 0.207. The molecule has 76 valence electrons. The number of rotatable bonds is 3. The summed E-state index contributed by atoms with van der Waals surface area (Å²) in [7, 11) is 0. The molecule has 13 heavy (non-hydrogen) atoms. The largest absolute Gasteiger partial charge is 0.311 e. The maximum Gasteiger partial charge on any atom is 0.102 e. The Morgan fingerprint density at radius 3 is 2.85 bits per heavy atom. The lowest BCUT2D eigenvalue weighted by Gasteiger charge is -2.38. The molecule has 0 aromatic rings. The van der Waals surface area contributed by atoms with Gasteiger partial charge >= 0.3 is 0 Å². The molecule has 2 atom stereocenters. The van der Waals surface area contributed by atoms with Crippen LogP contribution in [0, 0.1) is 5.92 Å². The van der Waals surface area contributed by atoms with E-state index in [2.05, 4.69) is 17.1 Å². The fraction of sp³-hybridized carbons (Fsp3) is 1.00. The summed E-state index contributed by atoms with van der Waals surface area (Å²) in [6, 6.07) is 1.15. The topological polar surface area (TPSA) is 15.3 Å². The summed E-state index contributed by atoms with van der Waals surface area (Å²) in [6.45, 7) is 4.66. The predicted molar refractivity (Wildman–Crippen MR) is 51.5 cm³/mol. The van der Waals surface area contributed by atoms with Gasteiger partial charge in [-0.15, -0.1) is 0 Å². The molecule has 2 fully saturated rings. The third-order valence-electron chi connectivity index (χ3n) is 3.29. The van der Waals surface area contributed by atoms with Crippen molar-refractivity contribution in [2.24, 2.45) is 5.92 Å². The standard InChI is InChI=1S/C10H19FN2/c1-8-6-12-10(9-2-3-9)7-13(8)5-4-11/h8-10,12H,2-7H2,1H3. The minimum atomic E-state index is -0.207. The first kappa shape index (κ1) is 9.41. The Morgan fingerprint density at radius 2 is 2.23 bits per heavy atom.